The second-order valence-electron chi connectivity index (χ2n) is 10.5. The van der Waals surface area contributed by atoms with E-state index in [4.69, 9.17) is 4.42 Å². The molecule has 2 aromatic heterocycles. The van der Waals surface area contributed by atoms with Gasteiger partial charge in [0.2, 0.25) is 0 Å². The Labute approximate surface area is 240 Å². The van der Waals surface area contributed by atoms with Gasteiger partial charge in [-0.1, -0.05) is 91.0 Å². The number of hydrogen-bond acceptors (Lipinski definition) is 3. The zero-order valence-corrected chi connectivity index (χ0v) is 22.9. The third-order valence-electron chi connectivity index (χ3n) is 8.22. The van der Waals surface area contributed by atoms with Gasteiger partial charge in [-0.05, 0) is 70.1 Å². The lowest BCUT2D eigenvalue weighted by atomic mass is 9.99. The van der Waals surface area contributed by atoms with Crippen LogP contribution in [0.5, 0.6) is 0 Å². The van der Waals surface area contributed by atoms with Gasteiger partial charge in [-0.3, -0.25) is 0 Å². The standard InChI is InChI=1S/C38H23NOS/c1-2-10-26(11-3-1)39(32-15-8-14-31-30-13-6-7-16-35(30)41-38(31)32)27-19-20-29-25(23-27)18-22-34-37(29)36-28-12-5-4-9-24(28)17-21-33(36)40-34/h1-23H. The van der Waals surface area contributed by atoms with Crippen LogP contribution in [0.3, 0.4) is 0 Å². The number of anilines is 3. The van der Waals surface area contributed by atoms with Gasteiger partial charge in [-0.2, -0.15) is 0 Å². The molecule has 7 aromatic carbocycles. The van der Waals surface area contributed by atoms with Crippen LogP contribution in [0, 0.1) is 0 Å². The number of furan rings is 1. The highest BCUT2D eigenvalue weighted by molar-refractivity contribution is 7.26. The maximum Gasteiger partial charge on any atom is 0.136 e. The van der Waals surface area contributed by atoms with Crippen LogP contribution in [-0.4, -0.2) is 0 Å². The normalized spacial score (nSPS) is 11.9. The van der Waals surface area contributed by atoms with Crippen LogP contribution in [-0.2, 0) is 0 Å². The van der Waals surface area contributed by atoms with Crippen molar-refractivity contribution in [1.82, 2.24) is 0 Å². The van der Waals surface area contributed by atoms with Gasteiger partial charge in [0.15, 0.2) is 0 Å². The summed E-state index contributed by atoms with van der Waals surface area (Å²) in [4.78, 5) is 2.39. The number of thiophene rings is 1. The predicted octanol–water partition coefficient (Wildman–Crippen LogP) is 11.7. The maximum absolute atomic E-state index is 6.35. The van der Waals surface area contributed by atoms with Gasteiger partial charge in [-0.15, -0.1) is 11.3 Å². The molecule has 0 fully saturated rings. The number of hydrogen-bond donors (Lipinski definition) is 0. The quantitative estimate of drug-likeness (QED) is 0.221. The van der Waals surface area contributed by atoms with Crippen LogP contribution >= 0.6 is 11.3 Å². The van der Waals surface area contributed by atoms with Crippen molar-refractivity contribution in [2.24, 2.45) is 0 Å². The van der Waals surface area contributed by atoms with Gasteiger partial charge in [0.1, 0.15) is 11.2 Å². The third-order valence-corrected chi connectivity index (χ3v) is 9.43. The van der Waals surface area contributed by atoms with Crippen molar-refractivity contribution >= 4 is 92.1 Å². The Morgan fingerprint density at radius 3 is 2.00 bits per heavy atom. The predicted molar refractivity (Wildman–Crippen MR) is 176 cm³/mol. The lowest BCUT2D eigenvalue weighted by molar-refractivity contribution is 0.669. The van der Waals surface area contributed by atoms with Gasteiger partial charge < -0.3 is 9.32 Å². The molecule has 3 heteroatoms. The number of rotatable bonds is 3. The Balaban J connectivity index is 1.32. The molecule has 0 N–H and O–H groups in total. The minimum atomic E-state index is 0.923. The van der Waals surface area contributed by atoms with E-state index >= 15 is 0 Å². The Bertz CT molecular complexity index is 2430. The molecule has 0 saturated heterocycles. The fourth-order valence-electron chi connectivity index (χ4n) is 6.40. The molecular weight excluding hydrogens is 518 g/mol. The van der Waals surface area contributed by atoms with Crippen LogP contribution in [0.25, 0.3) is 63.7 Å². The second-order valence-corrected chi connectivity index (χ2v) is 11.6. The van der Waals surface area contributed by atoms with E-state index < -0.39 is 0 Å². The van der Waals surface area contributed by atoms with E-state index in [1.807, 2.05) is 11.3 Å². The van der Waals surface area contributed by atoms with Crippen molar-refractivity contribution < 1.29 is 4.42 Å². The summed E-state index contributed by atoms with van der Waals surface area (Å²) in [6.45, 7) is 0. The monoisotopic (exact) mass is 541 g/mol. The molecule has 0 unspecified atom stereocenters. The van der Waals surface area contributed by atoms with E-state index in [-0.39, 0.29) is 0 Å². The zero-order chi connectivity index (χ0) is 26.9. The molecule has 0 bridgehead atoms. The molecule has 0 atom stereocenters. The Kier molecular flexibility index (Phi) is 4.80. The molecule has 41 heavy (non-hydrogen) atoms. The van der Waals surface area contributed by atoms with Crippen molar-refractivity contribution in [3.8, 4) is 0 Å². The third kappa shape index (κ3) is 3.36. The first kappa shape index (κ1) is 22.7. The summed E-state index contributed by atoms with van der Waals surface area (Å²) in [6, 6.07) is 50.0. The lowest BCUT2D eigenvalue weighted by Crippen LogP contribution is -2.09. The maximum atomic E-state index is 6.35. The molecule has 9 rings (SSSR count). The number of para-hydroxylation sites is 1. The smallest absolute Gasteiger partial charge is 0.136 e. The highest BCUT2D eigenvalue weighted by Crippen LogP contribution is 2.46. The second kappa shape index (κ2) is 8.69. The molecule has 0 aliphatic heterocycles. The van der Waals surface area contributed by atoms with Crippen molar-refractivity contribution in [2.75, 3.05) is 4.90 Å². The molecule has 0 radical (unpaired) electrons. The van der Waals surface area contributed by atoms with Gasteiger partial charge in [0.05, 0.1) is 10.4 Å². The van der Waals surface area contributed by atoms with Crippen LogP contribution in [0.2, 0.25) is 0 Å². The topological polar surface area (TPSA) is 16.4 Å². The van der Waals surface area contributed by atoms with E-state index in [0.717, 1.165) is 22.5 Å². The van der Waals surface area contributed by atoms with Gasteiger partial charge in [0, 0.05) is 37.6 Å². The van der Waals surface area contributed by atoms with E-state index in [0.29, 0.717) is 0 Å². The van der Waals surface area contributed by atoms with Gasteiger partial charge in [0.25, 0.3) is 0 Å². The Morgan fingerprint density at radius 1 is 0.463 bits per heavy atom. The molecule has 0 saturated carbocycles. The summed E-state index contributed by atoms with van der Waals surface area (Å²) >= 11 is 1.86. The average molecular weight is 542 g/mol. The van der Waals surface area contributed by atoms with E-state index in [1.54, 1.807) is 0 Å². The van der Waals surface area contributed by atoms with Crippen molar-refractivity contribution in [3.05, 3.63) is 140 Å². The van der Waals surface area contributed by atoms with E-state index in [2.05, 4.69) is 144 Å². The van der Waals surface area contributed by atoms with Crippen LogP contribution in [0.1, 0.15) is 0 Å². The number of nitrogens with zero attached hydrogens (tertiary/aromatic N) is 1. The fourth-order valence-corrected chi connectivity index (χ4v) is 7.61. The molecule has 0 amide bonds. The minimum Gasteiger partial charge on any atom is -0.456 e. The number of benzene rings is 7. The summed E-state index contributed by atoms with van der Waals surface area (Å²) in [5.74, 6) is 0. The summed E-state index contributed by atoms with van der Waals surface area (Å²) in [5, 5.41) is 9.81. The van der Waals surface area contributed by atoms with Crippen molar-refractivity contribution in [1.29, 1.82) is 0 Å². The minimum absolute atomic E-state index is 0.923. The molecule has 0 aliphatic carbocycles. The molecule has 192 valence electrons. The molecule has 2 nitrogen and oxygen atoms in total. The lowest BCUT2D eigenvalue weighted by Gasteiger charge is -2.26. The zero-order valence-electron chi connectivity index (χ0n) is 22.0. The molecular formula is C38H23NOS. The highest BCUT2D eigenvalue weighted by Gasteiger charge is 2.19. The van der Waals surface area contributed by atoms with E-state index in [9.17, 15) is 0 Å². The summed E-state index contributed by atoms with van der Waals surface area (Å²) < 4.78 is 8.95. The highest BCUT2D eigenvalue weighted by atomic mass is 32.1. The summed E-state index contributed by atoms with van der Waals surface area (Å²) in [7, 11) is 0. The fraction of sp³-hybridized carbons (Fsp3) is 0. The van der Waals surface area contributed by atoms with Crippen molar-refractivity contribution in [2.45, 2.75) is 0 Å². The molecule has 9 aromatic rings. The number of fused-ring (bicyclic) bond motifs is 10. The van der Waals surface area contributed by atoms with Crippen LogP contribution in [0.15, 0.2) is 144 Å². The first-order chi connectivity index (χ1) is 20.3. The largest absolute Gasteiger partial charge is 0.456 e. The van der Waals surface area contributed by atoms with Gasteiger partial charge >= 0.3 is 0 Å². The van der Waals surface area contributed by atoms with Gasteiger partial charge in [-0.25, -0.2) is 0 Å². The molecule has 2 heterocycles. The van der Waals surface area contributed by atoms with Crippen LogP contribution in [0.4, 0.5) is 17.1 Å². The summed E-state index contributed by atoms with van der Waals surface area (Å²) in [5.41, 5.74) is 5.31. The first-order valence-electron chi connectivity index (χ1n) is 13.9. The Morgan fingerprint density at radius 2 is 1.15 bits per heavy atom. The molecule has 0 spiro atoms. The van der Waals surface area contributed by atoms with E-state index in [1.165, 1.54) is 58.2 Å². The van der Waals surface area contributed by atoms with Crippen molar-refractivity contribution in [3.63, 3.8) is 0 Å². The average Bonchev–Trinajstić information content (AvgIpc) is 3.61. The summed E-state index contributed by atoms with van der Waals surface area (Å²) in [6.07, 6.45) is 0. The SMILES string of the molecule is c1ccc(N(c2ccc3c(ccc4oc5ccc6ccccc6c5c43)c2)c2cccc3c2sc2ccccc23)cc1. The first-order valence-corrected chi connectivity index (χ1v) is 14.7. The van der Waals surface area contributed by atoms with Crippen LogP contribution < -0.4 is 4.90 Å². The molecule has 0 aliphatic rings. The Hall–Kier alpha value is -5.12.